The normalized spacial score (nSPS) is 10.4. The van der Waals surface area contributed by atoms with Crippen LogP contribution in [0.5, 0.6) is 0 Å². The van der Waals surface area contributed by atoms with E-state index in [0.29, 0.717) is 16.8 Å². The second-order valence-electron chi connectivity index (χ2n) is 2.20. The maximum absolute atomic E-state index is 11.3. The lowest BCUT2D eigenvalue weighted by atomic mass is 11.0. The summed E-state index contributed by atoms with van der Waals surface area (Å²) in [6.45, 7) is 0. The average Bonchev–Trinajstić information content (AvgIpc) is 2.39. The molecule has 0 bridgehead atoms. The number of hydrogen-bond donors (Lipinski definition) is 0. The van der Waals surface area contributed by atoms with E-state index < -0.39 is 0 Å². The molecule has 0 spiro atoms. The van der Waals surface area contributed by atoms with E-state index in [1.165, 1.54) is 23.6 Å². The summed E-state index contributed by atoms with van der Waals surface area (Å²) in [5.41, 5.74) is -0.292. The van der Waals surface area contributed by atoms with Crippen molar-refractivity contribution in [1.82, 2.24) is 14.5 Å². The summed E-state index contributed by atoms with van der Waals surface area (Å²) in [6.07, 6.45) is 0. The minimum Gasteiger partial charge on any atom is -0.410 e. The molecule has 74 valence electrons. The molecule has 1 rings (SSSR count). The van der Waals surface area contributed by atoms with Gasteiger partial charge in [0.2, 0.25) is 5.16 Å². The van der Waals surface area contributed by atoms with Crippen LogP contribution in [0.15, 0.2) is 9.95 Å². The summed E-state index contributed by atoms with van der Waals surface area (Å²) >= 11 is 6.89. The molecule has 0 aliphatic heterocycles. The molecule has 13 heavy (non-hydrogen) atoms. The number of halogens is 1. The van der Waals surface area contributed by atoms with E-state index >= 15 is 0 Å². The average molecular weight is 224 g/mol. The molecule has 1 aromatic rings. The molecule has 0 fully saturated rings. The summed E-state index contributed by atoms with van der Waals surface area (Å²) < 4.78 is 2.36. The van der Waals surface area contributed by atoms with E-state index in [1.54, 1.807) is 7.05 Å². The van der Waals surface area contributed by atoms with E-state index in [1.807, 2.05) is 0 Å². The van der Waals surface area contributed by atoms with Gasteiger partial charge in [-0.05, 0) is 0 Å². The largest absolute Gasteiger partial charge is 0.410 e. The zero-order valence-corrected chi connectivity index (χ0v) is 8.93. The molecular weight excluding hydrogens is 214 g/mol. The Bertz CT molecular complexity index is 335. The quantitative estimate of drug-likeness (QED) is 0.532. The van der Waals surface area contributed by atoms with Gasteiger partial charge in [-0.2, -0.15) is 0 Å². The molecular formula is C6H10ClN3O2S. The van der Waals surface area contributed by atoms with E-state index in [2.05, 4.69) is 5.10 Å². The molecule has 0 atom stereocenters. The van der Waals surface area contributed by atoms with E-state index in [-0.39, 0.29) is 5.69 Å². The van der Waals surface area contributed by atoms with Crippen molar-refractivity contribution in [3.05, 3.63) is 10.5 Å². The first kappa shape index (κ1) is 10.5. The van der Waals surface area contributed by atoms with Crippen molar-refractivity contribution in [1.29, 1.82) is 0 Å². The molecule has 1 heterocycles. The molecule has 0 N–H and O–H groups in total. The second-order valence-corrected chi connectivity index (χ2v) is 3.64. The Labute approximate surface area is 84.6 Å². The van der Waals surface area contributed by atoms with Crippen molar-refractivity contribution in [3.8, 4) is 0 Å². The van der Waals surface area contributed by atoms with Gasteiger partial charge in [0.1, 0.15) is 7.11 Å². The van der Waals surface area contributed by atoms with Crippen molar-refractivity contribution < 1.29 is 4.84 Å². The summed E-state index contributed by atoms with van der Waals surface area (Å²) in [5.74, 6) is 1.21. The van der Waals surface area contributed by atoms with Gasteiger partial charge in [-0.1, -0.05) is 11.8 Å². The van der Waals surface area contributed by atoms with Crippen LogP contribution in [0.2, 0.25) is 0 Å². The first-order valence-electron chi connectivity index (χ1n) is 3.60. The molecule has 0 unspecified atom stereocenters. The van der Waals surface area contributed by atoms with Crippen LogP contribution in [-0.4, -0.2) is 33.3 Å². The van der Waals surface area contributed by atoms with Crippen LogP contribution in [-0.2, 0) is 7.05 Å². The highest BCUT2D eigenvalue weighted by atomic mass is 35.5. The van der Waals surface area contributed by atoms with E-state index in [4.69, 9.17) is 16.4 Å². The third-order valence-corrected chi connectivity index (χ3v) is 2.68. The van der Waals surface area contributed by atoms with Gasteiger partial charge in [-0.15, -0.1) is 21.4 Å². The van der Waals surface area contributed by atoms with Gasteiger partial charge >= 0.3 is 5.69 Å². The van der Waals surface area contributed by atoms with E-state index in [9.17, 15) is 4.79 Å². The summed E-state index contributed by atoms with van der Waals surface area (Å²) in [4.78, 5) is 16.1. The molecule has 0 amide bonds. The molecule has 0 aliphatic carbocycles. The molecule has 7 heteroatoms. The van der Waals surface area contributed by atoms with Crippen LogP contribution in [0.4, 0.5) is 0 Å². The molecule has 0 saturated heterocycles. The van der Waals surface area contributed by atoms with Crippen LogP contribution < -0.4 is 10.5 Å². The molecule has 0 radical (unpaired) electrons. The van der Waals surface area contributed by atoms with Crippen molar-refractivity contribution in [2.24, 2.45) is 7.05 Å². The summed E-state index contributed by atoms with van der Waals surface area (Å²) in [7, 11) is 3.00. The summed E-state index contributed by atoms with van der Waals surface area (Å²) in [5, 5.41) is 4.49. The third kappa shape index (κ3) is 2.19. The van der Waals surface area contributed by atoms with Crippen LogP contribution in [0.3, 0.4) is 0 Å². The second kappa shape index (κ2) is 4.57. The van der Waals surface area contributed by atoms with Gasteiger partial charge in [0.05, 0.1) is 0 Å². The van der Waals surface area contributed by atoms with Gasteiger partial charge in [-0.25, -0.2) is 9.48 Å². The Morgan fingerprint density at radius 2 is 2.38 bits per heavy atom. The number of aryl methyl sites for hydroxylation is 1. The number of thioether (sulfide) groups is 1. The topological polar surface area (TPSA) is 49.0 Å². The van der Waals surface area contributed by atoms with Gasteiger partial charge in [0.25, 0.3) is 0 Å². The van der Waals surface area contributed by atoms with Crippen LogP contribution in [0, 0.1) is 0 Å². The Morgan fingerprint density at radius 1 is 1.69 bits per heavy atom. The Balaban J connectivity index is 2.93. The first-order valence-corrected chi connectivity index (χ1v) is 5.12. The molecule has 0 aromatic carbocycles. The van der Waals surface area contributed by atoms with Gasteiger partial charge in [-0.3, -0.25) is 0 Å². The van der Waals surface area contributed by atoms with E-state index in [0.717, 1.165) is 4.73 Å². The highest BCUT2D eigenvalue weighted by molar-refractivity contribution is 7.99. The van der Waals surface area contributed by atoms with Gasteiger partial charge in [0, 0.05) is 18.7 Å². The smallest absolute Gasteiger partial charge is 0.379 e. The zero-order valence-electron chi connectivity index (χ0n) is 7.36. The van der Waals surface area contributed by atoms with Gasteiger partial charge < -0.3 is 4.84 Å². The first-order chi connectivity index (χ1) is 6.20. The number of nitrogens with zero attached hydrogens (tertiary/aromatic N) is 3. The molecule has 1 aromatic heterocycles. The third-order valence-electron chi connectivity index (χ3n) is 1.35. The van der Waals surface area contributed by atoms with Gasteiger partial charge in [0.15, 0.2) is 0 Å². The maximum Gasteiger partial charge on any atom is 0.379 e. The lowest BCUT2D eigenvalue weighted by molar-refractivity contribution is 0.134. The molecule has 0 aliphatic rings. The van der Waals surface area contributed by atoms with Crippen molar-refractivity contribution in [2.45, 2.75) is 5.16 Å². The number of hydrogen-bond acceptors (Lipinski definition) is 4. The predicted octanol–water partition coefficient (Wildman–Crippen LogP) is -0.0289. The minimum absolute atomic E-state index is 0.292. The maximum atomic E-state index is 11.3. The highest BCUT2D eigenvalue weighted by Crippen LogP contribution is 2.12. The van der Waals surface area contributed by atoms with Crippen molar-refractivity contribution in [3.63, 3.8) is 0 Å². The lowest BCUT2D eigenvalue weighted by Crippen LogP contribution is -2.26. The fourth-order valence-corrected chi connectivity index (χ4v) is 1.74. The minimum atomic E-state index is -0.292. The number of rotatable bonds is 4. The molecule has 5 nitrogen and oxygen atoms in total. The van der Waals surface area contributed by atoms with Crippen LogP contribution in [0.25, 0.3) is 0 Å². The Kier molecular flexibility index (Phi) is 3.68. The number of alkyl halides is 1. The van der Waals surface area contributed by atoms with Crippen LogP contribution in [0.1, 0.15) is 0 Å². The summed E-state index contributed by atoms with van der Waals surface area (Å²) in [6, 6.07) is 0. The fraction of sp³-hybridized carbons (Fsp3) is 0.667. The Morgan fingerprint density at radius 3 is 2.92 bits per heavy atom. The Hall–Kier alpha value is -0.620. The monoisotopic (exact) mass is 223 g/mol. The zero-order chi connectivity index (χ0) is 9.84. The number of aromatic nitrogens is 3. The standard InChI is InChI=1S/C6H10ClN3O2S/c1-9-6(11)10(12-2)5(8-9)13-4-3-7/h3-4H2,1-2H3. The lowest BCUT2D eigenvalue weighted by Gasteiger charge is -1.99. The van der Waals surface area contributed by atoms with Crippen molar-refractivity contribution >= 4 is 23.4 Å². The fourth-order valence-electron chi connectivity index (χ4n) is 0.799. The predicted molar refractivity (Wildman–Crippen MR) is 51.4 cm³/mol. The van der Waals surface area contributed by atoms with Crippen LogP contribution >= 0.6 is 23.4 Å². The molecule has 0 saturated carbocycles. The van der Waals surface area contributed by atoms with Crippen molar-refractivity contribution in [2.75, 3.05) is 18.7 Å². The highest BCUT2D eigenvalue weighted by Gasteiger charge is 2.10. The SMILES string of the molecule is COn1c(SCCCl)nn(C)c1=O.